The number of rotatable bonds is 14. The Morgan fingerprint density at radius 3 is 2.75 bits per heavy atom. The van der Waals surface area contributed by atoms with Crippen LogP contribution in [0.5, 0.6) is 0 Å². The Morgan fingerprint density at radius 1 is 1.32 bits per heavy atom. The minimum Gasteiger partial charge on any atom is -0.375 e. The summed E-state index contributed by atoms with van der Waals surface area (Å²) in [5.74, 6) is 0.915. The summed E-state index contributed by atoms with van der Waals surface area (Å²) in [5, 5.41) is 1.17. The first kappa shape index (κ1) is 23.1. The fourth-order valence-electron chi connectivity index (χ4n) is 4.48. The van der Waals surface area contributed by atoms with Gasteiger partial charge in [-0.3, -0.25) is 0 Å². The van der Waals surface area contributed by atoms with Crippen LogP contribution in [-0.2, 0) is 17.6 Å². The number of carbonyl (C=O) groups is 1. The maximum Gasteiger partial charge on any atom is 0.124 e. The second-order valence-electron chi connectivity index (χ2n) is 8.86. The van der Waals surface area contributed by atoms with Gasteiger partial charge in [-0.2, -0.15) is 0 Å². The largest absolute Gasteiger partial charge is 0.375 e. The van der Waals surface area contributed by atoms with Gasteiger partial charge in [0.2, 0.25) is 0 Å². The summed E-state index contributed by atoms with van der Waals surface area (Å²) in [6.45, 7) is 13.5. The quantitative estimate of drug-likeness (QED) is 0.295. The predicted octanol–water partition coefficient (Wildman–Crippen LogP) is 5.69. The molecular weight excluding hydrogens is 361 g/mol. The van der Waals surface area contributed by atoms with Crippen LogP contribution in [0.25, 0.3) is 0 Å². The number of aryl methyl sites for hydroxylation is 1. The van der Waals surface area contributed by atoms with E-state index >= 15 is 0 Å². The normalized spacial score (nSPS) is 20.8. The molecule has 1 aliphatic carbocycles. The monoisotopic (exact) mass is 401 g/mol. The predicted molar refractivity (Wildman–Crippen MR) is 125 cm³/mol. The first-order valence-electron chi connectivity index (χ1n) is 11.2. The van der Waals surface area contributed by atoms with Gasteiger partial charge in [-0.05, 0) is 79.1 Å². The van der Waals surface area contributed by atoms with Crippen molar-refractivity contribution in [2.45, 2.75) is 78.6 Å². The van der Waals surface area contributed by atoms with Crippen LogP contribution in [0.15, 0.2) is 30.5 Å². The Labute approximate surface area is 175 Å². The molecule has 0 N–H and O–H groups in total. The molecule has 2 nitrogen and oxygen atoms in total. The second-order valence-corrected chi connectivity index (χ2v) is 9.48. The third-order valence-electron chi connectivity index (χ3n) is 6.59. The van der Waals surface area contributed by atoms with Gasteiger partial charge in [0.05, 0.1) is 0 Å². The average Bonchev–Trinajstić information content (AvgIpc) is 3.32. The summed E-state index contributed by atoms with van der Waals surface area (Å²) in [6.07, 6.45) is 11.6. The lowest BCUT2D eigenvalue weighted by molar-refractivity contribution is -0.107. The first-order chi connectivity index (χ1) is 13.4. The number of benzene rings is 1. The highest BCUT2D eigenvalue weighted by atomic mass is 31.0. The lowest BCUT2D eigenvalue weighted by Crippen LogP contribution is -2.24. The Bertz CT molecular complexity index is 656. The third kappa shape index (κ3) is 6.73. The number of carbonyl (C=O) groups excluding carboxylic acids is 1. The van der Waals surface area contributed by atoms with Crippen molar-refractivity contribution in [1.29, 1.82) is 0 Å². The van der Waals surface area contributed by atoms with Gasteiger partial charge in [0.15, 0.2) is 0 Å². The first-order valence-corrected chi connectivity index (χ1v) is 11.7. The van der Waals surface area contributed by atoms with E-state index in [4.69, 9.17) is 0 Å². The summed E-state index contributed by atoms with van der Waals surface area (Å²) in [5.41, 5.74) is 4.39. The van der Waals surface area contributed by atoms with Gasteiger partial charge in [0.25, 0.3) is 0 Å². The lowest BCUT2D eigenvalue weighted by atomic mass is 9.94. The molecular formula is C25H40NOP. The standard InChI is InChI=1S/C25H40NOP/c1-5-15-26(20(3)6-2)16-8-10-23-19-25(23,4)14-7-9-21-11-12-22(13-17-27)24(28)18-21/h11-12,17-18,23H,3,5-10,13-16,19,28H2,1-2,4H3. The van der Waals surface area contributed by atoms with Crippen molar-refractivity contribution >= 4 is 20.8 Å². The Morgan fingerprint density at radius 2 is 2.11 bits per heavy atom. The van der Waals surface area contributed by atoms with E-state index in [0.717, 1.165) is 37.2 Å². The summed E-state index contributed by atoms with van der Waals surface area (Å²) in [4.78, 5) is 13.2. The molecule has 0 aromatic heterocycles. The average molecular weight is 402 g/mol. The van der Waals surface area contributed by atoms with E-state index in [2.05, 4.69) is 59.7 Å². The van der Waals surface area contributed by atoms with E-state index in [-0.39, 0.29) is 0 Å². The number of aldehydes is 1. The molecule has 0 bridgehead atoms. The van der Waals surface area contributed by atoms with Gasteiger partial charge in [-0.15, -0.1) is 9.24 Å². The van der Waals surface area contributed by atoms with E-state index < -0.39 is 0 Å². The molecule has 3 atom stereocenters. The number of hydrogen-bond donors (Lipinski definition) is 0. The highest BCUT2D eigenvalue weighted by Crippen LogP contribution is 2.57. The molecule has 1 saturated carbocycles. The number of hydrogen-bond acceptors (Lipinski definition) is 2. The maximum atomic E-state index is 10.7. The van der Waals surface area contributed by atoms with Crippen molar-refractivity contribution in [3.8, 4) is 0 Å². The molecule has 1 fully saturated rings. The molecule has 156 valence electrons. The van der Waals surface area contributed by atoms with Gasteiger partial charge >= 0.3 is 0 Å². The Hall–Kier alpha value is -1.14. The molecule has 0 saturated heterocycles. The number of nitrogens with zero attached hydrogens (tertiary/aromatic N) is 1. The molecule has 28 heavy (non-hydrogen) atoms. The molecule has 0 spiro atoms. The van der Waals surface area contributed by atoms with Crippen molar-refractivity contribution in [3.05, 3.63) is 41.6 Å². The van der Waals surface area contributed by atoms with Crippen molar-refractivity contribution < 1.29 is 4.79 Å². The molecule has 1 aromatic rings. The zero-order chi connectivity index (χ0) is 20.6. The summed E-state index contributed by atoms with van der Waals surface area (Å²) >= 11 is 0. The van der Waals surface area contributed by atoms with Gasteiger partial charge in [0, 0.05) is 25.2 Å². The van der Waals surface area contributed by atoms with E-state index in [1.807, 2.05) is 0 Å². The molecule has 0 radical (unpaired) electrons. The lowest BCUT2D eigenvalue weighted by Gasteiger charge is -2.26. The Balaban J connectivity index is 1.69. The molecule has 2 rings (SSSR count). The fourth-order valence-corrected chi connectivity index (χ4v) is 4.91. The fraction of sp³-hybridized carbons (Fsp3) is 0.640. The molecule has 0 aliphatic heterocycles. The Kier molecular flexibility index (Phi) is 9.22. The van der Waals surface area contributed by atoms with Crippen molar-refractivity contribution in [3.63, 3.8) is 0 Å². The van der Waals surface area contributed by atoms with Crippen LogP contribution in [-0.4, -0.2) is 24.3 Å². The van der Waals surface area contributed by atoms with Gasteiger partial charge in [0.1, 0.15) is 6.29 Å². The van der Waals surface area contributed by atoms with Crippen LogP contribution in [0.4, 0.5) is 0 Å². The minimum atomic E-state index is 0.514. The van der Waals surface area contributed by atoms with E-state index in [1.54, 1.807) is 0 Å². The van der Waals surface area contributed by atoms with E-state index in [0.29, 0.717) is 11.8 Å². The van der Waals surface area contributed by atoms with E-state index in [9.17, 15) is 4.79 Å². The smallest absolute Gasteiger partial charge is 0.124 e. The minimum absolute atomic E-state index is 0.514. The van der Waals surface area contributed by atoms with Crippen molar-refractivity contribution in [2.75, 3.05) is 13.1 Å². The number of allylic oxidation sites excluding steroid dienone is 1. The van der Waals surface area contributed by atoms with Crippen LogP contribution in [0, 0.1) is 11.3 Å². The van der Waals surface area contributed by atoms with Crippen LogP contribution in [0.2, 0.25) is 0 Å². The van der Waals surface area contributed by atoms with Crippen LogP contribution in [0.1, 0.15) is 76.8 Å². The zero-order valence-electron chi connectivity index (χ0n) is 18.3. The molecule has 1 aromatic carbocycles. The SMILES string of the molecule is C=C(CC)N(CCC)CCCC1CC1(C)CCCc1ccc(CC=O)c(P)c1. The highest BCUT2D eigenvalue weighted by molar-refractivity contribution is 7.27. The topological polar surface area (TPSA) is 20.3 Å². The van der Waals surface area contributed by atoms with Gasteiger partial charge in [-0.25, -0.2) is 0 Å². The molecule has 3 unspecified atom stereocenters. The molecule has 0 heterocycles. The third-order valence-corrected chi connectivity index (χ3v) is 7.13. The van der Waals surface area contributed by atoms with Crippen LogP contribution in [0.3, 0.4) is 0 Å². The highest BCUT2D eigenvalue weighted by Gasteiger charge is 2.48. The second kappa shape index (κ2) is 11.1. The van der Waals surface area contributed by atoms with Crippen molar-refractivity contribution in [1.82, 2.24) is 4.90 Å². The summed E-state index contributed by atoms with van der Waals surface area (Å²) in [6, 6.07) is 6.54. The van der Waals surface area contributed by atoms with Gasteiger partial charge < -0.3 is 9.69 Å². The van der Waals surface area contributed by atoms with Crippen molar-refractivity contribution in [2.24, 2.45) is 11.3 Å². The van der Waals surface area contributed by atoms with Crippen LogP contribution >= 0.6 is 9.24 Å². The van der Waals surface area contributed by atoms with Crippen LogP contribution < -0.4 is 5.30 Å². The van der Waals surface area contributed by atoms with Gasteiger partial charge in [-0.1, -0.05) is 45.5 Å². The molecule has 1 aliphatic rings. The molecule has 0 amide bonds. The zero-order valence-corrected chi connectivity index (χ0v) is 19.5. The van der Waals surface area contributed by atoms with E-state index in [1.165, 1.54) is 61.6 Å². The molecule has 3 heteroatoms. The summed E-state index contributed by atoms with van der Waals surface area (Å²) < 4.78 is 0. The summed E-state index contributed by atoms with van der Waals surface area (Å²) in [7, 11) is 2.78. The maximum absolute atomic E-state index is 10.7.